The number of ether oxygens (including phenoxy) is 1. The number of nitrogens with zero attached hydrogens (tertiary/aromatic N) is 2. The van der Waals surface area contributed by atoms with Crippen molar-refractivity contribution in [1.82, 2.24) is 4.57 Å². The zero-order valence-electron chi connectivity index (χ0n) is 10.5. The Hall–Kier alpha value is -2.25. The van der Waals surface area contributed by atoms with E-state index in [4.69, 9.17) is 21.6 Å². The summed E-state index contributed by atoms with van der Waals surface area (Å²) in [6, 6.07) is 10.5. The van der Waals surface area contributed by atoms with Gasteiger partial charge in [0, 0.05) is 5.69 Å². The number of halogens is 1. The van der Waals surface area contributed by atoms with E-state index in [1.54, 1.807) is 31.2 Å². The van der Waals surface area contributed by atoms with Crippen LogP contribution in [0.5, 0.6) is 5.75 Å². The van der Waals surface area contributed by atoms with E-state index in [0.29, 0.717) is 17.1 Å². The lowest BCUT2D eigenvalue weighted by Gasteiger charge is -2.14. The van der Waals surface area contributed by atoms with Crippen molar-refractivity contribution in [3.05, 3.63) is 57.0 Å². The fraction of sp³-hybridized carbons (Fsp3) is 0.143. The first kappa shape index (κ1) is 13.2. The summed E-state index contributed by atoms with van der Waals surface area (Å²) in [6.07, 6.45) is 0. The molecule has 0 saturated carbocycles. The summed E-state index contributed by atoms with van der Waals surface area (Å²) >= 11 is 5.90. The summed E-state index contributed by atoms with van der Waals surface area (Å²) in [5.41, 5.74) is 0.703. The molecule has 19 heavy (non-hydrogen) atoms. The van der Waals surface area contributed by atoms with Gasteiger partial charge in [0.25, 0.3) is 5.56 Å². The van der Waals surface area contributed by atoms with E-state index in [9.17, 15) is 4.79 Å². The Morgan fingerprint density at radius 3 is 2.68 bits per heavy atom. The maximum atomic E-state index is 12.3. The molecule has 0 aliphatic rings. The van der Waals surface area contributed by atoms with E-state index >= 15 is 0 Å². The van der Waals surface area contributed by atoms with Crippen LogP contribution in [0.25, 0.3) is 5.69 Å². The molecule has 0 atom stereocenters. The van der Waals surface area contributed by atoms with E-state index in [1.807, 2.05) is 12.1 Å². The molecule has 96 valence electrons. The van der Waals surface area contributed by atoms with Crippen molar-refractivity contribution in [3.63, 3.8) is 0 Å². The normalized spacial score (nSPS) is 10.0. The van der Waals surface area contributed by atoms with Crippen LogP contribution in [-0.4, -0.2) is 11.7 Å². The smallest absolute Gasteiger partial charge is 0.274 e. The lowest BCUT2D eigenvalue weighted by Crippen LogP contribution is -2.23. The molecule has 0 bridgehead atoms. The van der Waals surface area contributed by atoms with Crippen LogP contribution in [0.15, 0.2) is 35.1 Å². The molecule has 0 aliphatic heterocycles. The molecule has 0 radical (unpaired) electrons. The van der Waals surface area contributed by atoms with E-state index in [-0.39, 0.29) is 10.6 Å². The molecule has 1 aromatic carbocycles. The highest BCUT2D eigenvalue weighted by atomic mass is 35.5. The summed E-state index contributed by atoms with van der Waals surface area (Å²) in [5.74, 6) is 0.555. The number of para-hydroxylation sites is 2. The quantitative estimate of drug-likeness (QED) is 0.846. The van der Waals surface area contributed by atoms with Gasteiger partial charge < -0.3 is 4.74 Å². The van der Waals surface area contributed by atoms with Gasteiger partial charge in [-0.2, -0.15) is 5.26 Å². The van der Waals surface area contributed by atoms with E-state index in [0.717, 1.165) is 0 Å². The van der Waals surface area contributed by atoms with Crippen LogP contribution < -0.4 is 10.3 Å². The number of aryl methyl sites for hydroxylation is 1. The second-order valence-corrected chi connectivity index (χ2v) is 4.34. The Balaban J connectivity index is 2.84. The van der Waals surface area contributed by atoms with Gasteiger partial charge in [-0.15, -0.1) is 0 Å². The van der Waals surface area contributed by atoms with Crippen LogP contribution in [-0.2, 0) is 0 Å². The van der Waals surface area contributed by atoms with E-state index < -0.39 is 5.56 Å². The molecule has 0 spiro atoms. The zero-order valence-corrected chi connectivity index (χ0v) is 11.2. The Kier molecular flexibility index (Phi) is 3.59. The lowest BCUT2D eigenvalue weighted by molar-refractivity contribution is 0.412. The molecule has 0 aliphatic carbocycles. The third kappa shape index (κ3) is 2.20. The van der Waals surface area contributed by atoms with Crippen LogP contribution in [0.2, 0.25) is 5.02 Å². The monoisotopic (exact) mass is 274 g/mol. The molecular formula is C14H11ClN2O2. The van der Waals surface area contributed by atoms with Crippen LogP contribution in [0.1, 0.15) is 11.3 Å². The highest BCUT2D eigenvalue weighted by molar-refractivity contribution is 6.31. The van der Waals surface area contributed by atoms with Crippen LogP contribution in [0, 0.1) is 18.3 Å². The minimum Gasteiger partial charge on any atom is -0.495 e. The van der Waals surface area contributed by atoms with Gasteiger partial charge in [-0.1, -0.05) is 23.7 Å². The van der Waals surface area contributed by atoms with E-state index in [2.05, 4.69) is 0 Å². The van der Waals surface area contributed by atoms with E-state index in [1.165, 1.54) is 11.7 Å². The van der Waals surface area contributed by atoms with Crippen LogP contribution in [0.3, 0.4) is 0 Å². The van der Waals surface area contributed by atoms with Crippen molar-refractivity contribution in [1.29, 1.82) is 5.26 Å². The summed E-state index contributed by atoms with van der Waals surface area (Å²) in [4.78, 5) is 12.3. The Morgan fingerprint density at radius 2 is 2.05 bits per heavy atom. The minimum absolute atomic E-state index is 0.0711. The molecule has 2 aromatic rings. The fourth-order valence-corrected chi connectivity index (χ4v) is 2.19. The predicted octanol–water partition coefficient (Wildman–Crippen LogP) is 2.68. The topological polar surface area (TPSA) is 55.0 Å². The highest BCUT2D eigenvalue weighted by Crippen LogP contribution is 2.23. The molecule has 0 saturated heterocycles. The minimum atomic E-state index is -0.447. The maximum Gasteiger partial charge on any atom is 0.274 e. The van der Waals surface area contributed by atoms with Crippen LogP contribution in [0.4, 0.5) is 0 Å². The molecule has 0 N–H and O–H groups in total. The Labute approximate surface area is 115 Å². The number of hydrogen-bond acceptors (Lipinski definition) is 3. The second-order valence-electron chi connectivity index (χ2n) is 3.93. The molecule has 1 heterocycles. The molecular weight excluding hydrogens is 264 g/mol. The van der Waals surface area contributed by atoms with Crippen LogP contribution >= 0.6 is 11.6 Å². The predicted molar refractivity (Wildman–Crippen MR) is 73.1 cm³/mol. The lowest BCUT2D eigenvalue weighted by atomic mass is 10.2. The number of pyridine rings is 1. The van der Waals surface area contributed by atoms with Crippen molar-refractivity contribution in [2.24, 2.45) is 0 Å². The third-order valence-corrected chi connectivity index (χ3v) is 3.08. The van der Waals surface area contributed by atoms with Gasteiger partial charge in [-0.25, -0.2) is 0 Å². The number of nitriles is 1. The van der Waals surface area contributed by atoms with Gasteiger partial charge in [0.1, 0.15) is 17.4 Å². The van der Waals surface area contributed by atoms with Crippen molar-refractivity contribution in [2.75, 3.05) is 7.11 Å². The van der Waals surface area contributed by atoms with Crippen molar-refractivity contribution in [2.45, 2.75) is 6.92 Å². The first-order valence-corrected chi connectivity index (χ1v) is 5.93. The van der Waals surface area contributed by atoms with Crippen molar-refractivity contribution in [3.8, 4) is 17.5 Å². The van der Waals surface area contributed by atoms with Crippen molar-refractivity contribution < 1.29 is 4.74 Å². The number of hydrogen-bond donors (Lipinski definition) is 0. The maximum absolute atomic E-state index is 12.3. The average Bonchev–Trinajstić information content (AvgIpc) is 2.39. The zero-order chi connectivity index (χ0) is 14.0. The molecule has 0 amide bonds. The number of aromatic nitrogens is 1. The summed E-state index contributed by atoms with van der Waals surface area (Å²) in [5, 5.41) is 9.17. The first-order chi connectivity index (χ1) is 9.10. The largest absolute Gasteiger partial charge is 0.495 e. The SMILES string of the molecule is COc1ccccc1-n1c(C)cc(Cl)c(C#N)c1=O. The summed E-state index contributed by atoms with van der Waals surface area (Å²) < 4.78 is 6.66. The highest BCUT2D eigenvalue weighted by Gasteiger charge is 2.15. The van der Waals surface area contributed by atoms with Gasteiger partial charge in [-0.05, 0) is 25.1 Å². The van der Waals surface area contributed by atoms with Gasteiger partial charge in [0.15, 0.2) is 0 Å². The standard InChI is InChI=1S/C14H11ClN2O2/c1-9-7-11(15)10(8-16)14(18)17(9)12-5-3-4-6-13(12)19-2/h3-7H,1-2H3. The van der Waals surface area contributed by atoms with Gasteiger partial charge >= 0.3 is 0 Å². The first-order valence-electron chi connectivity index (χ1n) is 5.55. The molecule has 1 aromatic heterocycles. The number of methoxy groups -OCH3 is 1. The molecule has 0 fully saturated rings. The molecule has 5 heteroatoms. The Bertz CT molecular complexity index is 729. The average molecular weight is 275 g/mol. The molecule has 2 rings (SSSR count). The van der Waals surface area contributed by atoms with Crippen molar-refractivity contribution >= 4 is 11.6 Å². The fourth-order valence-electron chi connectivity index (χ4n) is 1.91. The molecule has 4 nitrogen and oxygen atoms in total. The summed E-state index contributed by atoms with van der Waals surface area (Å²) in [6.45, 7) is 1.75. The third-order valence-electron chi connectivity index (χ3n) is 2.78. The Morgan fingerprint density at radius 1 is 1.37 bits per heavy atom. The van der Waals surface area contributed by atoms with Gasteiger partial charge in [-0.3, -0.25) is 9.36 Å². The number of rotatable bonds is 2. The summed E-state index contributed by atoms with van der Waals surface area (Å²) in [7, 11) is 1.53. The van der Waals surface area contributed by atoms with Gasteiger partial charge in [0.05, 0.1) is 17.8 Å². The number of benzene rings is 1. The second kappa shape index (κ2) is 5.17. The molecule has 0 unspecified atom stereocenters. The van der Waals surface area contributed by atoms with Gasteiger partial charge in [0.2, 0.25) is 0 Å².